The van der Waals surface area contributed by atoms with Gasteiger partial charge in [-0.1, -0.05) is 0 Å². The molecule has 1 atom stereocenters. The lowest BCUT2D eigenvalue weighted by molar-refractivity contribution is -0.157. The van der Waals surface area contributed by atoms with Gasteiger partial charge in [0.2, 0.25) is 11.8 Å². The molecule has 1 rings (SSSR count). The molecule has 9 heteroatoms. The Morgan fingerprint density at radius 2 is 2.05 bits per heavy atom. The molecule has 0 bridgehead atoms. The summed E-state index contributed by atoms with van der Waals surface area (Å²) in [5.41, 5.74) is 0. The SMILES string of the molecule is CNCCCNC(=O)C1CC(=O)N(CC(F)(F)F)C1.Cl. The average molecular weight is 318 g/mol. The second-order valence-corrected chi connectivity index (χ2v) is 4.54. The zero-order valence-corrected chi connectivity index (χ0v) is 11.9. The lowest BCUT2D eigenvalue weighted by Crippen LogP contribution is -2.37. The number of alkyl halides is 3. The molecular formula is C11H19ClF3N3O2. The van der Waals surface area contributed by atoms with Gasteiger partial charge in [-0.15, -0.1) is 12.4 Å². The highest BCUT2D eigenvalue weighted by Crippen LogP contribution is 2.23. The summed E-state index contributed by atoms with van der Waals surface area (Å²) in [7, 11) is 1.78. The van der Waals surface area contributed by atoms with Crippen LogP contribution < -0.4 is 10.6 Å². The molecule has 1 fully saturated rings. The molecular weight excluding hydrogens is 299 g/mol. The molecule has 0 aromatic heterocycles. The standard InChI is InChI=1S/C11H18F3N3O2.ClH/c1-15-3-2-4-16-10(19)8-5-9(18)17(6-8)7-11(12,13)14;/h8,15H,2-7H2,1H3,(H,16,19);1H. The molecule has 0 aromatic carbocycles. The van der Waals surface area contributed by atoms with E-state index >= 15 is 0 Å². The van der Waals surface area contributed by atoms with Crippen molar-refractivity contribution in [2.24, 2.45) is 5.92 Å². The Balaban J connectivity index is 0.00000361. The number of amides is 2. The lowest BCUT2D eigenvalue weighted by Gasteiger charge is -2.18. The Bertz CT molecular complexity index is 339. The molecule has 2 amide bonds. The molecule has 1 heterocycles. The Labute approximate surface area is 121 Å². The minimum absolute atomic E-state index is 0. The number of hydrogen-bond acceptors (Lipinski definition) is 3. The molecule has 0 saturated carbocycles. The lowest BCUT2D eigenvalue weighted by atomic mass is 10.1. The van der Waals surface area contributed by atoms with Crippen LogP contribution in [-0.2, 0) is 9.59 Å². The van der Waals surface area contributed by atoms with E-state index in [4.69, 9.17) is 0 Å². The molecule has 118 valence electrons. The second kappa shape index (κ2) is 8.31. The van der Waals surface area contributed by atoms with Gasteiger partial charge < -0.3 is 15.5 Å². The van der Waals surface area contributed by atoms with E-state index in [2.05, 4.69) is 10.6 Å². The third kappa shape index (κ3) is 6.42. The molecule has 1 aliphatic heterocycles. The van der Waals surface area contributed by atoms with E-state index < -0.39 is 24.5 Å². The molecule has 0 aliphatic carbocycles. The normalized spacial score (nSPS) is 18.9. The predicted octanol–water partition coefficient (Wildman–Crippen LogP) is 0.545. The van der Waals surface area contributed by atoms with Crippen LogP contribution in [0, 0.1) is 5.92 Å². The Kier molecular flexibility index (Phi) is 7.88. The van der Waals surface area contributed by atoms with Gasteiger partial charge in [-0.2, -0.15) is 13.2 Å². The van der Waals surface area contributed by atoms with Gasteiger partial charge in [-0.05, 0) is 20.0 Å². The van der Waals surface area contributed by atoms with Crippen molar-refractivity contribution in [1.82, 2.24) is 15.5 Å². The van der Waals surface area contributed by atoms with Crippen LogP contribution >= 0.6 is 12.4 Å². The second-order valence-electron chi connectivity index (χ2n) is 4.54. The van der Waals surface area contributed by atoms with Crippen molar-refractivity contribution in [1.29, 1.82) is 0 Å². The van der Waals surface area contributed by atoms with Crippen LogP contribution in [-0.4, -0.2) is 56.1 Å². The van der Waals surface area contributed by atoms with Crippen LogP contribution in [0.15, 0.2) is 0 Å². The third-order valence-corrected chi connectivity index (χ3v) is 2.86. The number of carbonyl (C=O) groups excluding carboxylic acids is 2. The number of nitrogens with zero attached hydrogens (tertiary/aromatic N) is 1. The van der Waals surface area contributed by atoms with Crippen LogP contribution in [0.1, 0.15) is 12.8 Å². The van der Waals surface area contributed by atoms with E-state index in [0.717, 1.165) is 13.0 Å². The van der Waals surface area contributed by atoms with Crippen molar-refractivity contribution in [3.8, 4) is 0 Å². The van der Waals surface area contributed by atoms with Gasteiger partial charge in [0.25, 0.3) is 0 Å². The van der Waals surface area contributed by atoms with Crippen molar-refractivity contribution in [3.63, 3.8) is 0 Å². The molecule has 0 radical (unpaired) electrons. The molecule has 0 aromatic rings. The summed E-state index contributed by atoms with van der Waals surface area (Å²) in [6, 6.07) is 0. The van der Waals surface area contributed by atoms with Crippen LogP contribution in [0.4, 0.5) is 13.2 Å². The predicted molar refractivity (Wildman–Crippen MR) is 69.5 cm³/mol. The number of nitrogens with one attached hydrogen (secondary N) is 2. The van der Waals surface area contributed by atoms with Crippen molar-refractivity contribution in [2.75, 3.05) is 33.2 Å². The highest BCUT2D eigenvalue weighted by Gasteiger charge is 2.40. The largest absolute Gasteiger partial charge is 0.406 e. The molecule has 1 saturated heterocycles. The molecule has 5 nitrogen and oxygen atoms in total. The van der Waals surface area contributed by atoms with Crippen LogP contribution in [0.3, 0.4) is 0 Å². The minimum atomic E-state index is -4.42. The van der Waals surface area contributed by atoms with Gasteiger partial charge in [-0.3, -0.25) is 9.59 Å². The minimum Gasteiger partial charge on any atom is -0.356 e. The smallest absolute Gasteiger partial charge is 0.356 e. The summed E-state index contributed by atoms with van der Waals surface area (Å²) in [4.78, 5) is 23.7. The quantitative estimate of drug-likeness (QED) is 0.703. The fourth-order valence-corrected chi connectivity index (χ4v) is 1.94. The summed E-state index contributed by atoms with van der Waals surface area (Å²) in [6.07, 6.45) is -3.84. The first-order valence-corrected chi connectivity index (χ1v) is 6.10. The van der Waals surface area contributed by atoms with Crippen molar-refractivity contribution in [2.45, 2.75) is 19.0 Å². The van der Waals surface area contributed by atoms with Crippen molar-refractivity contribution < 1.29 is 22.8 Å². The zero-order chi connectivity index (χ0) is 14.5. The van der Waals surface area contributed by atoms with Gasteiger partial charge in [0.1, 0.15) is 6.54 Å². The zero-order valence-electron chi connectivity index (χ0n) is 11.1. The number of halogens is 4. The van der Waals surface area contributed by atoms with Gasteiger partial charge in [0.15, 0.2) is 0 Å². The van der Waals surface area contributed by atoms with E-state index in [9.17, 15) is 22.8 Å². The van der Waals surface area contributed by atoms with E-state index in [0.29, 0.717) is 11.4 Å². The van der Waals surface area contributed by atoms with Gasteiger partial charge >= 0.3 is 6.18 Å². The first kappa shape index (κ1) is 19.0. The number of hydrogen-bond donors (Lipinski definition) is 2. The van der Waals surface area contributed by atoms with Crippen LogP contribution in [0.5, 0.6) is 0 Å². The summed E-state index contributed by atoms with van der Waals surface area (Å²) in [5, 5.41) is 5.54. The van der Waals surface area contributed by atoms with Crippen molar-refractivity contribution in [3.05, 3.63) is 0 Å². The molecule has 1 unspecified atom stereocenters. The van der Waals surface area contributed by atoms with Crippen LogP contribution in [0.2, 0.25) is 0 Å². The summed E-state index contributed by atoms with van der Waals surface area (Å²) in [6.45, 7) is -0.251. The maximum Gasteiger partial charge on any atom is 0.406 e. The number of carbonyl (C=O) groups is 2. The topological polar surface area (TPSA) is 61.4 Å². The highest BCUT2D eigenvalue weighted by molar-refractivity contribution is 5.89. The van der Waals surface area contributed by atoms with Crippen molar-refractivity contribution >= 4 is 24.2 Å². The van der Waals surface area contributed by atoms with E-state index in [-0.39, 0.29) is 31.3 Å². The number of rotatable bonds is 6. The average Bonchev–Trinajstić information content (AvgIpc) is 2.64. The maximum atomic E-state index is 12.2. The fraction of sp³-hybridized carbons (Fsp3) is 0.818. The van der Waals surface area contributed by atoms with E-state index in [1.54, 1.807) is 7.05 Å². The fourth-order valence-electron chi connectivity index (χ4n) is 1.94. The monoisotopic (exact) mass is 317 g/mol. The third-order valence-electron chi connectivity index (χ3n) is 2.86. The Hall–Kier alpha value is -1.02. The summed E-state index contributed by atoms with van der Waals surface area (Å²) >= 11 is 0. The maximum absolute atomic E-state index is 12.2. The van der Waals surface area contributed by atoms with Gasteiger partial charge in [0, 0.05) is 19.5 Å². The van der Waals surface area contributed by atoms with Gasteiger partial charge in [-0.25, -0.2) is 0 Å². The number of likely N-dealkylation sites (tertiary alicyclic amines) is 1. The summed E-state index contributed by atoms with van der Waals surface area (Å²) in [5.74, 6) is -1.65. The Morgan fingerprint density at radius 3 is 2.60 bits per heavy atom. The Morgan fingerprint density at radius 1 is 1.40 bits per heavy atom. The molecule has 0 spiro atoms. The first-order valence-electron chi connectivity index (χ1n) is 6.10. The first-order chi connectivity index (χ1) is 8.83. The van der Waals surface area contributed by atoms with E-state index in [1.807, 2.05) is 0 Å². The molecule has 1 aliphatic rings. The highest BCUT2D eigenvalue weighted by atomic mass is 35.5. The molecule has 20 heavy (non-hydrogen) atoms. The molecule has 2 N–H and O–H groups in total. The van der Waals surface area contributed by atoms with Gasteiger partial charge in [0.05, 0.1) is 5.92 Å². The van der Waals surface area contributed by atoms with Crippen LogP contribution in [0.25, 0.3) is 0 Å². The van der Waals surface area contributed by atoms with E-state index in [1.165, 1.54) is 0 Å². The summed E-state index contributed by atoms with van der Waals surface area (Å²) < 4.78 is 36.6.